The molecule has 0 bridgehead atoms. The van der Waals surface area contributed by atoms with E-state index in [1.165, 1.54) is 0 Å². The van der Waals surface area contributed by atoms with Crippen LogP contribution in [0.3, 0.4) is 0 Å². The van der Waals surface area contributed by atoms with Gasteiger partial charge in [-0.3, -0.25) is 9.36 Å². The predicted molar refractivity (Wildman–Crippen MR) is 92.6 cm³/mol. The van der Waals surface area contributed by atoms with Crippen LogP contribution in [0.5, 0.6) is 0 Å². The van der Waals surface area contributed by atoms with Crippen molar-refractivity contribution >= 4 is 19.5 Å². The van der Waals surface area contributed by atoms with Gasteiger partial charge in [-0.05, 0) is 40.5 Å². The van der Waals surface area contributed by atoms with Crippen LogP contribution >= 0.6 is 7.60 Å². The van der Waals surface area contributed by atoms with Crippen LogP contribution in [-0.4, -0.2) is 62.0 Å². The first-order valence-corrected chi connectivity index (χ1v) is 10.5. The van der Waals surface area contributed by atoms with Crippen LogP contribution in [0.1, 0.15) is 40.5 Å². The molecule has 0 spiro atoms. The van der Waals surface area contributed by atoms with Crippen LogP contribution in [0.2, 0.25) is 0 Å². The van der Waals surface area contributed by atoms with Gasteiger partial charge in [0, 0.05) is 0 Å². The van der Waals surface area contributed by atoms with Gasteiger partial charge in [0.1, 0.15) is 12.0 Å². The Bertz CT molecular complexity index is 537. The average molecular weight is 412 g/mol. The van der Waals surface area contributed by atoms with Crippen molar-refractivity contribution in [1.29, 1.82) is 0 Å². The topological polar surface area (TPSA) is 127 Å². The molecule has 0 aromatic carbocycles. The summed E-state index contributed by atoms with van der Waals surface area (Å²) in [4.78, 5) is 36.0. The van der Waals surface area contributed by atoms with Crippen molar-refractivity contribution in [2.24, 2.45) is 5.41 Å². The molecule has 1 atom stereocenters. The number of carbonyl (C=O) groups excluding carboxylic acids is 2. The molecule has 0 heterocycles. The van der Waals surface area contributed by atoms with Crippen molar-refractivity contribution in [3.8, 4) is 0 Å². The summed E-state index contributed by atoms with van der Waals surface area (Å²) in [6.45, 7) is 5.31. The predicted octanol–water partition coefficient (Wildman–Crippen LogP) is 1.80. The van der Waals surface area contributed by atoms with E-state index in [0.717, 1.165) is 0 Å². The van der Waals surface area contributed by atoms with E-state index in [0.29, 0.717) is 0 Å². The highest BCUT2D eigenvalue weighted by Crippen LogP contribution is 2.74. The number of ether oxygens (including phenoxy) is 2. The third kappa shape index (κ3) is 4.52. The van der Waals surface area contributed by atoms with Crippen LogP contribution in [0.15, 0.2) is 0 Å². The summed E-state index contributed by atoms with van der Waals surface area (Å²) >= 11 is 0. The number of carbonyl (C=O) groups is 2. The molecule has 158 valence electrons. The molecule has 10 nitrogen and oxygen atoms in total. The third-order valence-corrected chi connectivity index (χ3v) is 6.61. The maximum Gasteiger partial charge on any atom is 0.378 e. The second-order valence-corrected chi connectivity index (χ2v) is 7.77. The Hall–Kier alpha value is -1.03. The Morgan fingerprint density at radius 2 is 1.56 bits per heavy atom. The van der Waals surface area contributed by atoms with Crippen LogP contribution < -0.4 is 0 Å². The molecule has 0 aromatic rings. The molecule has 1 rings (SSSR count). The Labute approximate surface area is 158 Å². The van der Waals surface area contributed by atoms with Gasteiger partial charge in [0.05, 0.1) is 33.0 Å². The van der Waals surface area contributed by atoms with E-state index >= 15 is 0 Å². The maximum atomic E-state index is 13.7. The fourth-order valence-electron chi connectivity index (χ4n) is 2.76. The Morgan fingerprint density at radius 3 is 1.96 bits per heavy atom. The van der Waals surface area contributed by atoms with Crippen molar-refractivity contribution in [3.05, 3.63) is 0 Å². The molecular weight excluding hydrogens is 383 g/mol. The number of aliphatic hydroxyl groups is 1. The van der Waals surface area contributed by atoms with Gasteiger partial charge < -0.3 is 23.6 Å². The van der Waals surface area contributed by atoms with E-state index < -0.39 is 36.9 Å². The molecule has 1 saturated carbocycles. The first-order valence-electron chi connectivity index (χ1n) is 9.00. The normalized spacial score (nSPS) is 17.8. The van der Waals surface area contributed by atoms with Crippen LogP contribution in [0, 0.1) is 5.41 Å². The summed E-state index contributed by atoms with van der Waals surface area (Å²) in [7, 11) is -4.43. The van der Waals surface area contributed by atoms with Crippen molar-refractivity contribution in [2.75, 3.05) is 39.6 Å². The molecule has 1 fully saturated rings. The molecule has 1 aliphatic carbocycles. The largest absolute Gasteiger partial charge is 0.465 e. The first kappa shape index (κ1) is 24.0. The molecule has 11 heteroatoms. The smallest absolute Gasteiger partial charge is 0.378 e. The third-order valence-electron chi connectivity index (χ3n) is 3.95. The molecule has 27 heavy (non-hydrogen) atoms. The molecule has 0 saturated heterocycles. The van der Waals surface area contributed by atoms with E-state index in [1.54, 1.807) is 27.7 Å². The summed E-state index contributed by atoms with van der Waals surface area (Å²) in [5, 5.41) is 6.47. The number of hydrogen-bond acceptors (Lipinski definition) is 10. The summed E-state index contributed by atoms with van der Waals surface area (Å²) in [5.41, 5.74) is -1.65. The summed E-state index contributed by atoms with van der Waals surface area (Å²) < 4.78 is 34.6. The lowest BCUT2D eigenvalue weighted by molar-refractivity contribution is -0.350. The minimum absolute atomic E-state index is 0.0462. The Morgan fingerprint density at radius 1 is 1.00 bits per heavy atom. The molecule has 1 aliphatic rings. The fourth-order valence-corrected chi connectivity index (χ4v) is 5.15. The number of esters is 2. The van der Waals surface area contributed by atoms with E-state index in [9.17, 15) is 14.2 Å². The van der Waals surface area contributed by atoms with Crippen molar-refractivity contribution in [2.45, 2.75) is 45.9 Å². The lowest BCUT2D eigenvalue weighted by atomic mass is 9.98. The monoisotopic (exact) mass is 412 g/mol. The highest BCUT2D eigenvalue weighted by molar-refractivity contribution is 7.56. The van der Waals surface area contributed by atoms with Crippen molar-refractivity contribution < 1.29 is 47.6 Å². The van der Waals surface area contributed by atoms with E-state index in [4.69, 9.17) is 33.4 Å². The molecule has 0 aromatic heterocycles. The highest BCUT2D eigenvalue weighted by Gasteiger charge is 2.81. The summed E-state index contributed by atoms with van der Waals surface area (Å²) in [6, 6.07) is 0. The van der Waals surface area contributed by atoms with Crippen molar-refractivity contribution in [1.82, 2.24) is 0 Å². The van der Waals surface area contributed by atoms with Gasteiger partial charge >= 0.3 is 24.9 Å². The molecule has 0 radical (unpaired) electrons. The molecule has 0 amide bonds. The van der Waals surface area contributed by atoms with Gasteiger partial charge in [0.15, 0.2) is 0 Å². The van der Waals surface area contributed by atoms with Gasteiger partial charge in [0.2, 0.25) is 0 Å². The second kappa shape index (κ2) is 10.5. The Kier molecular flexibility index (Phi) is 9.33. The lowest BCUT2D eigenvalue weighted by Crippen LogP contribution is -2.55. The minimum atomic E-state index is -4.43. The summed E-state index contributed by atoms with van der Waals surface area (Å²) in [6.07, 6.45) is 0.272. The zero-order valence-electron chi connectivity index (χ0n) is 16.2. The van der Waals surface area contributed by atoms with Gasteiger partial charge in [-0.15, -0.1) is 0 Å². The van der Waals surface area contributed by atoms with E-state index in [2.05, 4.69) is 0 Å². The average Bonchev–Trinajstić information content (AvgIpc) is 3.41. The van der Waals surface area contributed by atoms with Crippen LogP contribution in [-0.2, 0) is 42.5 Å². The van der Waals surface area contributed by atoms with Gasteiger partial charge in [-0.1, -0.05) is 0 Å². The number of aliphatic hydroxyl groups excluding tert-OH is 1. The number of hydrogen-bond donors (Lipinski definition) is 1. The SMILES string of the molecule is CCOC(=O)C1(C(OOCCO)(C(=O)OCC)P(=O)(OCC)OCC)CC1. The van der Waals surface area contributed by atoms with Crippen LogP contribution in [0.25, 0.3) is 0 Å². The Balaban J connectivity index is 3.60. The highest BCUT2D eigenvalue weighted by atomic mass is 31.2. The lowest BCUT2D eigenvalue weighted by Gasteiger charge is -2.39. The standard InChI is InChI=1S/C16H29O10P/c1-5-21-13(18)15(9-10-15)16(14(19)22-6-2,26-23-12-11-17)27(20,24-7-3)25-8-4/h17H,5-12H2,1-4H3. The van der Waals surface area contributed by atoms with Crippen LogP contribution in [0.4, 0.5) is 0 Å². The van der Waals surface area contributed by atoms with E-state index in [-0.39, 0.29) is 45.9 Å². The van der Waals surface area contributed by atoms with E-state index in [1.807, 2.05) is 0 Å². The first-order chi connectivity index (χ1) is 12.9. The summed E-state index contributed by atoms with van der Waals surface area (Å²) in [5.74, 6) is -1.90. The van der Waals surface area contributed by atoms with Gasteiger partial charge in [-0.25, -0.2) is 14.6 Å². The molecular formula is C16H29O10P. The molecule has 0 aliphatic heterocycles. The maximum absolute atomic E-state index is 13.7. The number of rotatable bonds is 14. The van der Waals surface area contributed by atoms with Crippen molar-refractivity contribution in [3.63, 3.8) is 0 Å². The zero-order chi connectivity index (χ0) is 20.6. The fraction of sp³-hybridized carbons (Fsp3) is 0.875. The molecule has 1 unspecified atom stereocenters. The quantitative estimate of drug-likeness (QED) is 0.148. The van der Waals surface area contributed by atoms with Gasteiger partial charge in [-0.2, -0.15) is 0 Å². The second-order valence-electron chi connectivity index (χ2n) is 5.63. The molecule has 1 N–H and O–H groups in total. The van der Waals surface area contributed by atoms with Gasteiger partial charge in [0.25, 0.3) is 0 Å². The minimum Gasteiger partial charge on any atom is -0.465 e. The zero-order valence-corrected chi connectivity index (χ0v) is 17.1.